The van der Waals surface area contributed by atoms with Crippen LogP contribution < -0.4 is 10.8 Å². The summed E-state index contributed by atoms with van der Waals surface area (Å²) in [7, 11) is -3.31. The van der Waals surface area contributed by atoms with Crippen molar-refractivity contribution >= 4 is 22.3 Å². The third-order valence-electron chi connectivity index (χ3n) is 4.52. The molecular formula is C12H16N6O7S. The van der Waals surface area contributed by atoms with Crippen LogP contribution in [-0.2, 0) is 31.4 Å². The highest BCUT2D eigenvalue weighted by atomic mass is 32.3. The van der Waals surface area contributed by atoms with Gasteiger partial charge in [0.15, 0.2) is 6.04 Å². The minimum atomic E-state index is -4.91. The van der Waals surface area contributed by atoms with Gasteiger partial charge in [0.25, 0.3) is 5.91 Å². The Bertz CT molecular complexity index is 865. The number of nitrogens with zero attached hydrogens (tertiary/aromatic N) is 4. The van der Waals surface area contributed by atoms with Gasteiger partial charge < -0.3 is 10.2 Å². The van der Waals surface area contributed by atoms with Gasteiger partial charge in [0.1, 0.15) is 12.1 Å². The zero-order valence-electron chi connectivity index (χ0n) is 13.5. The van der Waals surface area contributed by atoms with Crippen LogP contribution in [0.4, 0.5) is 4.79 Å². The monoisotopic (exact) mass is 388 g/mol. The zero-order valence-corrected chi connectivity index (χ0v) is 14.3. The van der Waals surface area contributed by atoms with Crippen LogP contribution in [0.1, 0.15) is 23.3 Å². The smallest absolute Gasteiger partial charge is 0.311 e. The molecule has 4 heterocycles. The van der Waals surface area contributed by atoms with Crippen LogP contribution in [0.2, 0.25) is 0 Å². The van der Waals surface area contributed by atoms with Crippen molar-refractivity contribution in [1.82, 2.24) is 30.5 Å². The fourth-order valence-corrected chi connectivity index (χ4v) is 3.61. The van der Waals surface area contributed by atoms with E-state index in [-0.39, 0.29) is 12.6 Å². The summed E-state index contributed by atoms with van der Waals surface area (Å²) in [6, 6.07) is -2.77. The molecule has 3 amide bonds. The van der Waals surface area contributed by atoms with Gasteiger partial charge in [-0.25, -0.2) is 10.3 Å². The molecule has 0 unspecified atom stereocenters. The maximum Gasteiger partial charge on any atom is 0.418 e. The van der Waals surface area contributed by atoms with E-state index < -0.39 is 34.4 Å². The van der Waals surface area contributed by atoms with E-state index in [1.807, 2.05) is 0 Å². The third-order valence-corrected chi connectivity index (χ3v) is 4.87. The normalized spacial score (nSPS) is 25.2. The van der Waals surface area contributed by atoms with E-state index in [1.54, 1.807) is 7.05 Å². The number of hydrogen-bond donors (Lipinski definition) is 3. The molecule has 142 valence electrons. The van der Waals surface area contributed by atoms with Crippen LogP contribution in [0.15, 0.2) is 6.20 Å². The molecule has 4 rings (SSSR count). The summed E-state index contributed by atoms with van der Waals surface area (Å²) in [4.78, 5) is 31.6. The molecule has 26 heavy (non-hydrogen) atoms. The van der Waals surface area contributed by atoms with Crippen molar-refractivity contribution in [1.29, 1.82) is 0 Å². The van der Waals surface area contributed by atoms with Crippen molar-refractivity contribution < 1.29 is 31.7 Å². The second kappa shape index (κ2) is 5.88. The Labute approximate surface area is 147 Å². The number of urea groups is 1. The van der Waals surface area contributed by atoms with E-state index in [0.717, 1.165) is 4.90 Å². The SMILES string of the molecule is Cn1ncc2c1[C@@H](C(=O)NOC1CNC1)N1C[C@@H]2N(OS(=O)(=O)O)C1=O. The van der Waals surface area contributed by atoms with Crippen LogP contribution in [0.3, 0.4) is 0 Å². The maximum atomic E-state index is 12.7. The average Bonchev–Trinajstić information content (AvgIpc) is 3.00. The van der Waals surface area contributed by atoms with Gasteiger partial charge in [0, 0.05) is 25.7 Å². The first kappa shape index (κ1) is 17.2. The van der Waals surface area contributed by atoms with Crippen LogP contribution in [0.25, 0.3) is 0 Å². The topological polar surface area (TPSA) is 155 Å². The summed E-state index contributed by atoms with van der Waals surface area (Å²) in [6.07, 6.45) is 1.27. The standard InChI is InChI=1S/C12H16N6O7S/c1-16-9-7(4-14-16)8-5-17(12(20)18(8)25-26(21,22)23)10(9)11(19)15-24-6-2-13-3-6/h4,6,8,10,13H,2-3,5H2,1H3,(H,15,19)(H,21,22,23)/t8-,10-/m0/s1. The van der Waals surface area contributed by atoms with Crippen molar-refractivity contribution in [2.75, 3.05) is 19.6 Å². The number of nitrogens with one attached hydrogen (secondary N) is 2. The molecule has 14 heteroatoms. The highest BCUT2D eigenvalue weighted by Crippen LogP contribution is 2.44. The molecular weight excluding hydrogens is 372 g/mol. The molecule has 0 spiro atoms. The lowest BCUT2D eigenvalue weighted by molar-refractivity contribution is -0.146. The van der Waals surface area contributed by atoms with E-state index in [4.69, 9.17) is 9.39 Å². The molecule has 0 radical (unpaired) electrons. The van der Waals surface area contributed by atoms with E-state index >= 15 is 0 Å². The van der Waals surface area contributed by atoms with Crippen LogP contribution in [0, 0.1) is 0 Å². The number of hydrogen-bond acceptors (Lipinski definition) is 8. The van der Waals surface area contributed by atoms with Gasteiger partial charge in [-0.3, -0.25) is 18.9 Å². The molecule has 3 N–H and O–H groups in total. The molecule has 0 aromatic carbocycles. The van der Waals surface area contributed by atoms with Gasteiger partial charge in [0.2, 0.25) is 0 Å². The molecule has 0 saturated carbocycles. The Morgan fingerprint density at radius 3 is 2.81 bits per heavy atom. The molecule has 0 aliphatic carbocycles. The van der Waals surface area contributed by atoms with Crippen LogP contribution >= 0.6 is 0 Å². The first-order chi connectivity index (χ1) is 12.3. The maximum absolute atomic E-state index is 12.7. The molecule has 2 saturated heterocycles. The van der Waals surface area contributed by atoms with E-state index in [1.165, 1.54) is 10.9 Å². The van der Waals surface area contributed by atoms with Gasteiger partial charge in [0.05, 0.1) is 18.4 Å². The molecule has 3 aliphatic rings. The summed E-state index contributed by atoms with van der Waals surface area (Å²) < 4.78 is 36.9. The number of amides is 3. The minimum Gasteiger partial charge on any atom is -0.311 e. The van der Waals surface area contributed by atoms with Crippen molar-refractivity contribution in [3.05, 3.63) is 17.5 Å². The molecule has 2 fully saturated rings. The number of carbonyl (C=O) groups excluding carboxylic acids is 2. The number of aryl methyl sites for hydroxylation is 1. The first-order valence-electron chi connectivity index (χ1n) is 7.71. The Balaban J connectivity index is 1.65. The van der Waals surface area contributed by atoms with Crippen molar-refractivity contribution in [2.45, 2.75) is 18.2 Å². The summed E-state index contributed by atoms with van der Waals surface area (Å²) in [5, 5.41) is 7.60. The van der Waals surface area contributed by atoms with E-state index in [2.05, 4.69) is 20.2 Å². The van der Waals surface area contributed by atoms with Crippen molar-refractivity contribution in [3.8, 4) is 0 Å². The Morgan fingerprint density at radius 2 is 2.19 bits per heavy atom. The Morgan fingerprint density at radius 1 is 1.46 bits per heavy atom. The summed E-state index contributed by atoms with van der Waals surface area (Å²) in [5.74, 6) is -0.595. The average molecular weight is 388 g/mol. The lowest BCUT2D eigenvalue weighted by atomic mass is 9.97. The first-order valence-corrected chi connectivity index (χ1v) is 9.07. The Hall–Kier alpha value is -2.26. The van der Waals surface area contributed by atoms with E-state index in [9.17, 15) is 18.0 Å². The largest absolute Gasteiger partial charge is 0.418 e. The summed E-state index contributed by atoms with van der Waals surface area (Å²) in [5.41, 5.74) is 3.19. The Kier molecular flexibility index (Phi) is 3.89. The lowest BCUT2D eigenvalue weighted by Crippen LogP contribution is -2.53. The molecule has 2 atom stereocenters. The number of hydroxylamine groups is 3. The highest BCUT2D eigenvalue weighted by molar-refractivity contribution is 7.80. The van der Waals surface area contributed by atoms with Gasteiger partial charge in [-0.15, -0.1) is 4.28 Å². The molecule has 13 nitrogen and oxygen atoms in total. The number of fused-ring (bicyclic) bond motifs is 4. The molecule has 1 aromatic rings. The van der Waals surface area contributed by atoms with Gasteiger partial charge >= 0.3 is 16.4 Å². The predicted octanol–water partition coefficient (Wildman–Crippen LogP) is -1.99. The quantitative estimate of drug-likeness (QED) is 0.384. The molecule has 3 aliphatic heterocycles. The fraction of sp³-hybridized carbons (Fsp3) is 0.583. The van der Waals surface area contributed by atoms with Crippen molar-refractivity contribution in [3.63, 3.8) is 0 Å². The van der Waals surface area contributed by atoms with Gasteiger partial charge in [-0.05, 0) is 0 Å². The van der Waals surface area contributed by atoms with Crippen molar-refractivity contribution in [2.24, 2.45) is 7.05 Å². The van der Waals surface area contributed by atoms with Gasteiger partial charge in [-0.1, -0.05) is 0 Å². The van der Waals surface area contributed by atoms with Crippen LogP contribution in [0.5, 0.6) is 0 Å². The zero-order chi connectivity index (χ0) is 18.6. The summed E-state index contributed by atoms with van der Waals surface area (Å²) >= 11 is 0. The summed E-state index contributed by atoms with van der Waals surface area (Å²) in [6.45, 7) is 1.20. The van der Waals surface area contributed by atoms with Crippen LogP contribution in [-0.4, -0.2) is 70.4 Å². The highest BCUT2D eigenvalue weighted by Gasteiger charge is 2.54. The predicted molar refractivity (Wildman–Crippen MR) is 81.2 cm³/mol. The number of carbonyl (C=O) groups is 2. The van der Waals surface area contributed by atoms with E-state index in [0.29, 0.717) is 29.4 Å². The fourth-order valence-electron chi connectivity index (χ4n) is 3.24. The molecule has 2 bridgehead atoms. The molecule has 1 aromatic heterocycles. The second-order valence-corrected chi connectivity index (χ2v) is 7.16. The number of rotatable bonds is 5. The van der Waals surface area contributed by atoms with Gasteiger partial charge in [-0.2, -0.15) is 18.6 Å². The lowest BCUT2D eigenvalue weighted by Gasteiger charge is -2.31. The number of aromatic nitrogens is 2. The second-order valence-electron chi connectivity index (χ2n) is 6.15. The third kappa shape index (κ3) is 2.71. The minimum absolute atomic E-state index is 0.00385.